The Labute approximate surface area is 268 Å². The maximum Gasteiger partial charge on any atom is 0.108 e. The fraction of sp³-hybridized carbons (Fsp3) is 0.933. The standard InChI is InChI=1S/C30H59N3O12/c1-30(2,3)28-45-25-24-44-23-22-43-21-20-42-19-18-41-17-16-40-15-14-39-13-12-38-11-10-37-9-8-36-7-6-35-5-4-33-26-29(27-34)31-32-33/h26,34H,4-25,27-28H2,1-3H3. The van der Waals surface area contributed by atoms with Gasteiger partial charge in [-0.1, -0.05) is 26.0 Å². The number of aliphatic hydroxyl groups excluding tert-OH is 1. The minimum absolute atomic E-state index is 0.116. The first-order valence-electron chi connectivity index (χ1n) is 15.9. The van der Waals surface area contributed by atoms with E-state index >= 15 is 0 Å². The minimum atomic E-state index is -0.116. The third kappa shape index (κ3) is 31.0. The summed E-state index contributed by atoms with van der Waals surface area (Å²) in [7, 11) is 0. The zero-order chi connectivity index (χ0) is 32.5. The van der Waals surface area contributed by atoms with Gasteiger partial charge in [-0.05, 0) is 5.41 Å². The molecule has 0 amide bonds. The van der Waals surface area contributed by atoms with Gasteiger partial charge >= 0.3 is 0 Å². The molecule has 0 atom stereocenters. The fourth-order valence-electron chi connectivity index (χ4n) is 3.26. The molecule has 0 bridgehead atoms. The summed E-state index contributed by atoms with van der Waals surface area (Å²) in [4.78, 5) is 0. The third-order valence-corrected chi connectivity index (χ3v) is 5.47. The van der Waals surface area contributed by atoms with Crippen molar-refractivity contribution in [2.24, 2.45) is 5.41 Å². The van der Waals surface area contributed by atoms with Crippen molar-refractivity contribution in [3.05, 3.63) is 11.9 Å². The molecule has 1 aromatic rings. The smallest absolute Gasteiger partial charge is 0.108 e. The summed E-state index contributed by atoms with van der Waals surface area (Å²) in [6, 6.07) is 0. The average Bonchev–Trinajstić information content (AvgIpc) is 3.49. The van der Waals surface area contributed by atoms with Gasteiger partial charge in [-0.15, -0.1) is 5.10 Å². The number of rotatable bonds is 35. The lowest BCUT2D eigenvalue weighted by Gasteiger charge is -2.17. The number of hydrogen-bond acceptors (Lipinski definition) is 14. The molecule has 1 heterocycles. The number of aliphatic hydroxyl groups is 1. The Morgan fingerprint density at radius 2 is 0.778 bits per heavy atom. The van der Waals surface area contributed by atoms with Gasteiger partial charge in [-0.25, -0.2) is 4.68 Å². The maximum absolute atomic E-state index is 8.95. The second-order valence-electron chi connectivity index (χ2n) is 10.9. The highest BCUT2D eigenvalue weighted by Crippen LogP contribution is 2.12. The molecular weight excluding hydrogens is 594 g/mol. The Hall–Kier alpha value is -1.34. The molecule has 266 valence electrons. The lowest BCUT2D eigenvalue weighted by Crippen LogP contribution is -2.17. The highest BCUT2D eigenvalue weighted by molar-refractivity contribution is 4.88. The first kappa shape index (κ1) is 41.7. The van der Waals surface area contributed by atoms with Gasteiger partial charge in [0, 0.05) is 0 Å². The van der Waals surface area contributed by atoms with Gasteiger partial charge in [-0.3, -0.25) is 0 Å². The molecular formula is C30H59N3O12. The van der Waals surface area contributed by atoms with Crippen LogP contribution in [-0.2, 0) is 65.3 Å². The fourth-order valence-corrected chi connectivity index (χ4v) is 3.26. The Balaban J connectivity index is 1.63. The van der Waals surface area contributed by atoms with Crippen LogP contribution in [0.5, 0.6) is 0 Å². The van der Waals surface area contributed by atoms with E-state index in [0.29, 0.717) is 151 Å². The molecule has 45 heavy (non-hydrogen) atoms. The lowest BCUT2D eigenvalue weighted by molar-refractivity contribution is -0.0285. The largest absolute Gasteiger partial charge is 0.390 e. The van der Waals surface area contributed by atoms with Crippen molar-refractivity contribution in [3.8, 4) is 0 Å². The number of aromatic nitrogens is 3. The van der Waals surface area contributed by atoms with E-state index in [4.69, 9.17) is 57.2 Å². The molecule has 0 aromatic carbocycles. The number of ether oxygens (including phenoxy) is 11. The van der Waals surface area contributed by atoms with E-state index in [-0.39, 0.29) is 12.0 Å². The molecule has 0 saturated heterocycles. The molecule has 1 N–H and O–H groups in total. The average molecular weight is 654 g/mol. The minimum Gasteiger partial charge on any atom is -0.390 e. The van der Waals surface area contributed by atoms with E-state index in [1.54, 1.807) is 10.9 Å². The Bertz CT molecular complexity index is 739. The predicted octanol–water partition coefficient (Wildman–Crippen LogP) is 0.999. The first-order valence-corrected chi connectivity index (χ1v) is 15.9. The van der Waals surface area contributed by atoms with Crippen LogP contribution in [0, 0.1) is 5.41 Å². The van der Waals surface area contributed by atoms with Crippen LogP contribution in [0.4, 0.5) is 0 Å². The van der Waals surface area contributed by atoms with Crippen LogP contribution >= 0.6 is 0 Å². The summed E-state index contributed by atoms with van der Waals surface area (Å²) in [6.45, 7) is 18.5. The molecule has 0 saturated carbocycles. The second kappa shape index (κ2) is 31.3. The predicted molar refractivity (Wildman–Crippen MR) is 164 cm³/mol. The normalized spacial score (nSPS) is 12.0. The van der Waals surface area contributed by atoms with Crippen LogP contribution in [0.2, 0.25) is 0 Å². The molecule has 0 spiro atoms. The zero-order valence-corrected chi connectivity index (χ0v) is 27.8. The molecule has 15 nitrogen and oxygen atoms in total. The molecule has 0 aliphatic rings. The van der Waals surface area contributed by atoms with Crippen molar-refractivity contribution >= 4 is 0 Å². The monoisotopic (exact) mass is 653 g/mol. The van der Waals surface area contributed by atoms with Gasteiger partial charge in [0.15, 0.2) is 0 Å². The van der Waals surface area contributed by atoms with Crippen molar-refractivity contribution in [1.29, 1.82) is 0 Å². The Kier molecular flexibility index (Phi) is 29.0. The van der Waals surface area contributed by atoms with Crippen molar-refractivity contribution in [2.45, 2.75) is 33.9 Å². The summed E-state index contributed by atoms with van der Waals surface area (Å²) in [5.41, 5.74) is 0.722. The summed E-state index contributed by atoms with van der Waals surface area (Å²) in [5, 5.41) is 16.6. The Morgan fingerprint density at radius 1 is 0.489 bits per heavy atom. The molecule has 0 aliphatic carbocycles. The quantitative estimate of drug-likeness (QED) is 0.104. The molecule has 1 aromatic heterocycles. The van der Waals surface area contributed by atoms with Gasteiger partial charge in [0.25, 0.3) is 0 Å². The highest BCUT2D eigenvalue weighted by Gasteiger charge is 2.09. The van der Waals surface area contributed by atoms with E-state index < -0.39 is 0 Å². The third-order valence-electron chi connectivity index (χ3n) is 5.47. The van der Waals surface area contributed by atoms with Crippen LogP contribution in [0.25, 0.3) is 0 Å². The highest BCUT2D eigenvalue weighted by atomic mass is 16.6. The van der Waals surface area contributed by atoms with Crippen LogP contribution < -0.4 is 0 Å². The summed E-state index contributed by atoms with van der Waals surface area (Å²) in [5.74, 6) is 0. The van der Waals surface area contributed by atoms with E-state index in [2.05, 4.69) is 31.1 Å². The molecule has 0 radical (unpaired) electrons. The van der Waals surface area contributed by atoms with Crippen LogP contribution in [0.3, 0.4) is 0 Å². The van der Waals surface area contributed by atoms with Gasteiger partial charge in [0.1, 0.15) is 5.69 Å². The van der Waals surface area contributed by atoms with E-state index in [0.717, 1.165) is 6.61 Å². The maximum atomic E-state index is 8.95. The van der Waals surface area contributed by atoms with Crippen LogP contribution in [0.1, 0.15) is 26.5 Å². The summed E-state index contributed by atoms with van der Waals surface area (Å²) >= 11 is 0. The Morgan fingerprint density at radius 3 is 1.04 bits per heavy atom. The van der Waals surface area contributed by atoms with E-state index in [1.807, 2.05) is 0 Å². The van der Waals surface area contributed by atoms with Crippen LogP contribution in [0.15, 0.2) is 6.20 Å². The molecule has 0 unspecified atom stereocenters. The van der Waals surface area contributed by atoms with E-state index in [9.17, 15) is 0 Å². The summed E-state index contributed by atoms with van der Waals surface area (Å²) < 4.78 is 61.9. The van der Waals surface area contributed by atoms with Crippen molar-refractivity contribution < 1.29 is 57.2 Å². The molecule has 1 rings (SSSR count). The van der Waals surface area contributed by atoms with E-state index in [1.165, 1.54) is 0 Å². The topological polar surface area (TPSA) is 152 Å². The SMILES string of the molecule is CC(C)(C)COCCOCCOCCOCCOCCOCCOCCOCCOCCOCCOCCn1cc(CO)nn1. The zero-order valence-electron chi connectivity index (χ0n) is 27.8. The van der Waals surface area contributed by atoms with Gasteiger partial charge in [0.05, 0.1) is 165 Å². The van der Waals surface area contributed by atoms with Crippen molar-refractivity contribution in [1.82, 2.24) is 15.0 Å². The molecule has 15 heteroatoms. The van der Waals surface area contributed by atoms with Crippen LogP contribution in [-0.4, -0.2) is 165 Å². The number of hydrogen-bond donors (Lipinski definition) is 1. The lowest BCUT2D eigenvalue weighted by atomic mass is 9.99. The van der Waals surface area contributed by atoms with Crippen molar-refractivity contribution in [3.63, 3.8) is 0 Å². The second-order valence-corrected chi connectivity index (χ2v) is 10.9. The van der Waals surface area contributed by atoms with Crippen molar-refractivity contribution in [2.75, 3.05) is 145 Å². The summed E-state index contributed by atoms with van der Waals surface area (Å²) in [6.07, 6.45) is 1.69. The van der Waals surface area contributed by atoms with Gasteiger partial charge in [0.2, 0.25) is 0 Å². The van der Waals surface area contributed by atoms with Gasteiger partial charge in [-0.2, -0.15) is 0 Å². The van der Waals surface area contributed by atoms with Gasteiger partial charge < -0.3 is 57.2 Å². The number of nitrogens with zero attached hydrogens (tertiary/aromatic N) is 3. The molecule has 0 aliphatic heterocycles. The molecule has 0 fully saturated rings. The first-order chi connectivity index (χ1) is 22.0.